The molecule has 0 heterocycles. The lowest BCUT2D eigenvalue weighted by Gasteiger charge is -2.01. The molecule has 0 unspecified atom stereocenters. The van der Waals surface area contributed by atoms with Gasteiger partial charge in [0.05, 0.1) is 0 Å². The van der Waals surface area contributed by atoms with Crippen molar-refractivity contribution in [1.29, 1.82) is 0 Å². The van der Waals surface area contributed by atoms with Gasteiger partial charge in [-0.1, -0.05) is 38.1 Å². The summed E-state index contributed by atoms with van der Waals surface area (Å²) in [5.74, 6) is 2.36. The van der Waals surface area contributed by atoms with Crippen molar-refractivity contribution in [3.05, 3.63) is 35.4 Å². The normalized spacial score (nSPS) is 10.2. The first-order chi connectivity index (χ1) is 5.86. The van der Waals surface area contributed by atoms with Crippen molar-refractivity contribution in [2.75, 3.05) is 5.75 Å². The molecule has 0 N–H and O–H groups in total. The summed E-state index contributed by atoms with van der Waals surface area (Å²) in [5, 5.41) is 0. The van der Waals surface area contributed by atoms with Crippen LogP contribution in [0.4, 0.5) is 0 Å². The Morgan fingerprint density at radius 1 is 1.17 bits per heavy atom. The summed E-state index contributed by atoms with van der Waals surface area (Å²) in [6.07, 6.45) is 1.14. The highest BCUT2D eigenvalue weighted by Gasteiger charge is 1.93. The predicted molar refractivity (Wildman–Crippen MR) is 57.7 cm³/mol. The fourth-order valence-corrected chi connectivity index (χ4v) is 1.78. The third-order valence-electron chi connectivity index (χ3n) is 1.87. The van der Waals surface area contributed by atoms with Gasteiger partial charge in [-0.05, 0) is 23.3 Å². The molecule has 1 aromatic carbocycles. The number of aryl methyl sites for hydroxylation is 1. The van der Waals surface area contributed by atoms with E-state index in [0.717, 1.165) is 12.2 Å². The standard InChI is InChI=1S/C11H16S/c1-3-10-6-5-7-11(8-10)9-12-4-2/h5-8H,3-4,9H2,1-2H3. The molecule has 0 bridgehead atoms. The van der Waals surface area contributed by atoms with Crippen LogP contribution in [0.25, 0.3) is 0 Å². The molecule has 1 heteroatoms. The maximum absolute atomic E-state index is 2.31. The summed E-state index contributed by atoms with van der Waals surface area (Å²) in [5.41, 5.74) is 2.91. The zero-order chi connectivity index (χ0) is 8.81. The maximum Gasteiger partial charge on any atom is 0.0184 e. The number of benzene rings is 1. The summed E-state index contributed by atoms with van der Waals surface area (Å²) in [4.78, 5) is 0. The van der Waals surface area contributed by atoms with Crippen LogP contribution in [0.2, 0.25) is 0 Å². The molecular weight excluding hydrogens is 164 g/mol. The first-order valence-corrected chi connectivity index (χ1v) is 5.67. The number of hydrogen-bond donors (Lipinski definition) is 0. The Morgan fingerprint density at radius 2 is 1.92 bits per heavy atom. The van der Waals surface area contributed by atoms with E-state index in [2.05, 4.69) is 38.1 Å². The average Bonchev–Trinajstić information content (AvgIpc) is 2.15. The van der Waals surface area contributed by atoms with Crippen molar-refractivity contribution in [2.24, 2.45) is 0 Å². The van der Waals surface area contributed by atoms with Crippen molar-refractivity contribution in [3.8, 4) is 0 Å². The van der Waals surface area contributed by atoms with Gasteiger partial charge in [0.1, 0.15) is 0 Å². The fourth-order valence-electron chi connectivity index (χ4n) is 1.16. The Labute approximate surface area is 79.4 Å². The van der Waals surface area contributed by atoms with E-state index in [-0.39, 0.29) is 0 Å². The van der Waals surface area contributed by atoms with E-state index in [1.54, 1.807) is 0 Å². The van der Waals surface area contributed by atoms with E-state index in [9.17, 15) is 0 Å². The van der Waals surface area contributed by atoms with Gasteiger partial charge in [0.25, 0.3) is 0 Å². The molecule has 0 amide bonds. The van der Waals surface area contributed by atoms with Gasteiger partial charge >= 0.3 is 0 Å². The molecule has 0 aliphatic heterocycles. The van der Waals surface area contributed by atoms with Crippen LogP contribution in [0.5, 0.6) is 0 Å². The van der Waals surface area contributed by atoms with Crippen LogP contribution in [0, 0.1) is 0 Å². The minimum Gasteiger partial charge on any atom is -0.157 e. The van der Waals surface area contributed by atoms with Crippen molar-refractivity contribution in [2.45, 2.75) is 26.0 Å². The van der Waals surface area contributed by atoms with Crippen molar-refractivity contribution < 1.29 is 0 Å². The van der Waals surface area contributed by atoms with E-state index >= 15 is 0 Å². The lowest BCUT2D eigenvalue weighted by molar-refractivity contribution is 1.13. The predicted octanol–water partition coefficient (Wildman–Crippen LogP) is 3.50. The Kier molecular flexibility index (Phi) is 4.23. The first kappa shape index (κ1) is 9.66. The molecule has 66 valence electrons. The molecule has 0 nitrogen and oxygen atoms in total. The second kappa shape index (κ2) is 5.26. The number of thioether (sulfide) groups is 1. The molecule has 0 radical (unpaired) electrons. The summed E-state index contributed by atoms with van der Waals surface area (Å²) in [6, 6.07) is 8.87. The topological polar surface area (TPSA) is 0 Å². The molecule has 0 aliphatic rings. The highest BCUT2D eigenvalue weighted by molar-refractivity contribution is 7.98. The molecule has 1 rings (SSSR count). The Balaban J connectivity index is 2.60. The van der Waals surface area contributed by atoms with Gasteiger partial charge in [-0.3, -0.25) is 0 Å². The average molecular weight is 180 g/mol. The second-order valence-electron chi connectivity index (χ2n) is 2.81. The van der Waals surface area contributed by atoms with Crippen molar-refractivity contribution in [1.82, 2.24) is 0 Å². The number of rotatable bonds is 4. The van der Waals surface area contributed by atoms with E-state index in [4.69, 9.17) is 0 Å². The van der Waals surface area contributed by atoms with Crippen LogP contribution < -0.4 is 0 Å². The van der Waals surface area contributed by atoms with Crippen LogP contribution in [0.15, 0.2) is 24.3 Å². The lowest BCUT2D eigenvalue weighted by Crippen LogP contribution is -1.84. The molecule has 12 heavy (non-hydrogen) atoms. The quantitative estimate of drug-likeness (QED) is 0.683. The maximum atomic E-state index is 2.31. The molecule has 0 aromatic heterocycles. The van der Waals surface area contributed by atoms with Crippen LogP contribution in [0.3, 0.4) is 0 Å². The Hall–Kier alpha value is -0.430. The van der Waals surface area contributed by atoms with Crippen LogP contribution >= 0.6 is 11.8 Å². The van der Waals surface area contributed by atoms with Crippen LogP contribution in [-0.4, -0.2) is 5.75 Å². The minimum absolute atomic E-state index is 1.14. The van der Waals surface area contributed by atoms with Gasteiger partial charge in [-0.25, -0.2) is 0 Å². The lowest BCUT2D eigenvalue weighted by atomic mass is 10.1. The van der Waals surface area contributed by atoms with Crippen LogP contribution in [0.1, 0.15) is 25.0 Å². The zero-order valence-corrected chi connectivity index (χ0v) is 8.66. The van der Waals surface area contributed by atoms with Gasteiger partial charge in [-0.15, -0.1) is 0 Å². The highest BCUT2D eigenvalue weighted by atomic mass is 32.2. The molecule has 0 spiro atoms. The third kappa shape index (κ3) is 2.90. The monoisotopic (exact) mass is 180 g/mol. The summed E-state index contributed by atoms with van der Waals surface area (Å²) >= 11 is 1.98. The molecule has 1 aromatic rings. The molecule has 0 fully saturated rings. The molecule has 0 aliphatic carbocycles. The minimum atomic E-state index is 1.14. The highest BCUT2D eigenvalue weighted by Crippen LogP contribution is 2.13. The molecular formula is C11H16S. The van der Waals surface area contributed by atoms with Gasteiger partial charge in [0.15, 0.2) is 0 Å². The molecule has 0 saturated carbocycles. The number of hydrogen-bond acceptors (Lipinski definition) is 1. The van der Waals surface area contributed by atoms with E-state index in [0.29, 0.717) is 0 Å². The molecule has 0 saturated heterocycles. The smallest absolute Gasteiger partial charge is 0.0184 e. The van der Waals surface area contributed by atoms with Gasteiger partial charge in [0, 0.05) is 5.75 Å². The van der Waals surface area contributed by atoms with Gasteiger partial charge < -0.3 is 0 Å². The third-order valence-corrected chi connectivity index (χ3v) is 2.82. The van der Waals surface area contributed by atoms with Gasteiger partial charge in [0.2, 0.25) is 0 Å². The zero-order valence-electron chi connectivity index (χ0n) is 7.84. The van der Waals surface area contributed by atoms with E-state index in [1.807, 2.05) is 11.8 Å². The fraction of sp³-hybridized carbons (Fsp3) is 0.455. The van der Waals surface area contributed by atoms with Gasteiger partial charge in [-0.2, -0.15) is 11.8 Å². The SMILES string of the molecule is CCSCc1cccc(CC)c1. The Bertz CT molecular complexity index is 230. The summed E-state index contributed by atoms with van der Waals surface area (Å²) in [6.45, 7) is 4.40. The first-order valence-electron chi connectivity index (χ1n) is 4.52. The second-order valence-corrected chi connectivity index (χ2v) is 4.08. The summed E-state index contributed by atoms with van der Waals surface area (Å²) < 4.78 is 0. The van der Waals surface area contributed by atoms with E-state index in [1.165, 1.54) is 16.9 Å². The molecule has 0 atom stereocenters. The Morgan fingerprint density at radius 3 is 2.58 bits per heavy atom. The van der Waals surface area contributed by atoms with Crippen molar-refractivity contribution >= 4 is 11.8 Å². The van der Waals surface area contributed by atoms with Crippen molar-refractivity contribution in [3.63, 3.8) is 0 Å². The summed E-state index contributed by atoms with van der Waals surface area (Å²) in [7, 11) is 0. The van der Waals surface area contributed by atoms with E-state index < -0.39 is 0 Å². The van der Waals surface area contributed by atoms with Crippen LogP contribution in [-0.2, 0) is 12.2 Å². The largest absolute Gasteiger partial charge is 0.157 e.